The van der Waals surface area contributed by atoms with Gasteiger partial charge in [0.2, 0.25) is 0 Å². The molecular formula is C17H17O6+. The van der Waals surface area contributed by atoms with E-state index in [9.17, 15) is 15.3 Å². The fraction of sp³-hybridized carbons (Fsp3) is 0.235. The Kier molecular flexibility index (Phi) is 3.83. The zero-order valence-corrected chi connectivity index (χ0v) is 12.7. The lowest BCUT2D eigenvalue weighted by atomic mass is 9.93. The van der Waals surface area contributed by atoms with Gasteiger partial charge in [-0.1, -0.05) is 6.08 Å². The van der Waals surface area contributed by atoms with Gasteiger partial charge in [-0.2, -0.15) is 0 Å². The molecule has 120 valence electrons. The molecule has 0 saturated heterocycles. The third-order valence-electron chi connectivity index (χ3n) is 3.79. The predicted molar refractivity (Wildman–Crippen MR) is 82.4 cm³/mol. The Hall–Kier alpha value is -2.73. The Morgan fingerprint density at radius 1 is 1.13 bits per heavy atom. The van der Waals surface area contributed by atoms with E-state index in [0.29, 0.717) is 22.9 Å². The van der Waals surface area contributed by atoms with E-state index in [1.54, 1.807) is 24.3 Å². The highest BCUT2D eigenvalue weighted by Crippen LogP contribution is 2.35. The molecule has 0 spiro atoms. The first-order valence-corrected chi connectivity index (χ1v) is 7.02. The number of hydrogen-bond donors (Lipinski definition) is 3. The molecule has 0 bridgehead atoms. The van der Waals surface area contributed by atoms with E-state index in [2.05, 4.69) is 0 Å². The highest BCUT2D eigenvalue weighted by molar-refractivity contribution is 6.05. The van der Waals surface area contributed by atoms with Crippen LogP contribution in [0.4, 0.5) is 0 Å². The number of rotatable bonds is 3. The summed E-state index contributed by atoms with van der Waals surface area (Å²) < 4.78 is 16.0. The standard InChI is InChI=1S/C17H16O6/c1-21-14-5-3-9(7-11(14)18)13-6-4-10-15(23-13)8-12(19)16(20)17(10)22-2/h3-8,10,12,19H,1-2H3,(H-,18,20)/p+1. The zero-order chi connectivity index (χ0) is 16.6. The molecular weight excluding hydrogens is 300 g/mol. The molecule has 1 aromatic carbocycles. The molecule has 1 heterocycles. The maximum atomic E-state index is 9.88. The quantitative estimate of drug-likeness (QED) is 0.742. The summed E-state index contributed by atoms with van der Waals surface area (Å²) in [6.45, 7) is 0. The van der Waals surface area contributed by atoms with Gasteiger partial charge in [0.05, 0.1) is 25.9 Å². The van der Waals surface area contributed by atoms with Gasteiger partial charge in [-0.3, -0.25) is 0 Å². The molecule has 0 saturated carbocycles. The highest BCUT2D eigenvalue weighted by Gasteiger charge is 2.40. The second-order valence-electron chi connectivity index (χ2n) is 5.16. The number of aromatic hydroxyl groups is 1. The number of aliphatic hydroxyl groups is 2. The van der Waals surface area contributed by atoms with Crippen molar-refractivity contribution < 1.29 is 29.2 Å². The number of ketones is 1. The summed E-state index contributed by atoms with van der Waals surface area (Å²) >= 11 is 0. The lowest BCUT2D eigenvalue weighted by Gasteiger charge is -2.20. The average molecular weight is 317 g/mol. The minimum atomic E-state index is -1.17. The monoisotopic (exact) mass is 317 g/mol. The largest absolute Gasteiger partial charge is 0.506 e. The molecule has 2 aliphatic rings. The molecule has 0 amide bonds. The van der Waals surface area contributed by atoms with Crippen molar-refractivity contribution in [3.05, 3.63) is 59.3 Å². The molecule has 6 heteroatoms. The second-order valence-corrected chi connectivity index (χ2v) is 5.16. The van der Waals surface area contributed by atoms with Crippen molar-refractivity contribution in [2.75, 3.05) is 14.2 Å². The Morgan fingerprint density at radius 2 is 1.91 bits per heavy atom. The van der Waals surface area contributed by atoms with Crippen LogP contribution in [0.5, 0.6) is 11.5 Å². The van der Waals surface area contributed by atoms with E-state index in [1.165, 1.54) is 26.4 Å². The van der Waals surface area contributed by atoms with E-state index >= 15 is 0 Å². The van der Waals surface area contributed by atoms with Crippen molar-refractivity contribution in [3.8, 4) is 11.5 Å². The van der Waals surface area contributed by atoms with Crippen molar-refractivity contribution in [2.45, 2.75) is 6.10 Å². The molecule has 2 atom stereocenters. The second kappa shape index (κ2) is 5.81. The van der Waals surface area contributed by atoms with Crippen LogP contribution in [0.1, 0.15) is 9.99 Å². The molecule has 2 unspecified atom stereocenters. The number of benzene rings is 1. The number of hydrogen-bond acceptors (Lipinski definition) is 5. The third-order valence-corrected chi connectivity index (χ3v) is 3.79. The molecule has 3 rings (SSSR count). The van der Waals surface area contributed by atoms with Crippen molar-refractivity contribution >= 4 is 5.78 Å². The van der Waals surface area contributed by atoms with Crippen LogP contribution < -0.4 is 4.74 Å². The summed E-state index contributed by atoms with van der Waals surface area (Å²) in [6.07, 6.45) is 3.78. The number of methoxy groups -OCH3 is 2. The lowest BCUT2D eigenvalue weighted by molar-refractivity contribution is -0.217. The van der Waals surface area contributed by atoms with Gasteiger partial charge in [0, 0.05) is 12.1 Å². The first-order chi connectivity index (χ1) is 11.0. The fourth-order valence-electron chi connectivity index (χ4n) is 2.63. The summed E-state index contributed by atoms with van der Waals surface area (Å²) in [4.78, 5) is 0. The SMILES string of the molecule is COC1=C(O)C(O)C=C2[O+]=C(c3ccc(OC)c(O)c3)C=CC21. The number of phenolic OH excluding ortho intramolecular Hbond substituents is 1. The van der Waals surface area contributed by atoms with Crippen LogP contribution in [0.2, 0.25) is 0 Å². The third kappa shape index (κ3) is 2.57. The van der Waals surface area contributed by atoms with Gasteiger partial charge in [0.15, 0.2) is 28.9 Å². The fourth-order valence-corrected chi connectivity index (χ4v) is 2.63. The smallest absolute Gasteiger partial charge is 0.360 e. The zero-order valence-electron chi connectivity index (χ0n) is 12.7. The molecule has 0 radical (unpaired) electrons. The van der Waals surface area contributed by atoms with E-state index in [1.807, 2.05) is 0 Å². The molecule has 6 nitrogen and oxygen atoms in total. The summed E-state index contributed by atoms with van der Waals surface area (Å²) in [6, 6.07) is 4.92. The predicted octanol–water partition coefficient (Wildman–Crippen LogP) is 1.98. The molecule has 1 aromatic rings. The van der Waals surface area contributed by atoms with Gasteiger partial charge in [0.1, 0.15) is 6.10 Å². The van der Waals surface area contributed by atoms with Crippen LogP contribution in [0.3, 0.4) is 0 Å². The van der Waals surface area contributed by atoms with Gasteiger partial charge >= 0.3 is 11.5 Å². The lowest BCUT2D eigenvalue weighted by Crippen LogP contribution is -2.24. The average Bonchev–Trinajstić information content (AvgIpc) is 2.55. The topological polar surface area (TPSA) is 90.5 Å². The number of phenols is 1. The Balaban J connectivity index is 1.97. The molecule has 1 aliphatic heterocycles. The van der Waals surface area contributed by atoms with Gasteiger partial charge in [-0.05, 0) is 12.1 Å². The van der Waals surface area contributed by atoms with E-state index in [0.717, 1.165) is 0 Å². The molecule has 23 heavy (non-hydrogen) atoms. The van der Waals surface area contributed by atoms with Crippen molar-refractivity contribution in [2.24, 2.45) is 5.92 Å². The Labute approximate surface area is 132 Å². The van der Waals surface area contributed by atoms with Crippen LogP contribution in [0.15, 0.2) is 53.7 Å². The van der Waals surface area contributed by atoms with Gasteiger partial charge in [-0.25, -0.2) is 4.42 Å². The van der Waals surface area contributed by atoms with Crippen LogP contribution in [0, 0.1) is 5.92 Å². The maximum absolute atomic E-state index is 9.88. The Morgan fingerprint density at radius 3 is 2.57 bits per heavy atom. The molecule has 3 N–H and O–H groups in total. The van der Waals surface area contributed by atoms with Gasteiger partial charge in [-0.15, -0.1) is 0 Å². The maximum Gasteiger partial charge on any atom is 0.360 e. The minimum absolute atomic E-state index is 0.00408. The van der Waals surface area contributed by atoms with Crippen molar-refractivity contribution in [3.63, 3.8) is 0 Å². The summed E-state index contributed by atoms with van der Waals surface area (Å²) in [5.41, 5.74) is 0.658. The van der Waals surface area contributed by atoms with Crippen molar-refractivity contribution in [1.82, 2.24) is 0 Å². The number of aliphatic hydroxyl groups excluding tert-OH is 2. The van der Waals surface area contributed by atoms with Crippen LogP contribution in [-0.4, -0.2) is 41.4 Å². The molecule has 0 fully saturated rings. The molecule has 0 aromatic heterocycles. The van der Waals surface area contributed by atoms with Gasteiger partial charge in [0.25, 0.3) is 0 Å². The van der Waals surface area contributed by atoms with Crippen LogP contribution >= 0.6 is 0 Å². The number of fused-ring (bicyclic) bond motifs is 1. The summed E-state index contributed by atoms with van der Waals surface area (Å²) in [5, 5.41) is 29.6. The first-order valence-electron chi connectivity index (χ1n) is 7.02. The summed E-state index contributed by atoms with van der Waals surface area (Å²) in [5.74, 6) is 0.981. The number of carbonyl (C=O) groups excluding carboxylic acids is 1. The number of allylic oxidation sites excluding steroid dienone is 1. The van der Waals surface area contributed by atoms with Crippen LogP contribution in [-0.2, 0) is 4.74 Å². The van der Waals surface area contributed by atoms with E-state index in [-0.39, 0.29) is 23.2 Å². The highest BCUT2D eigenvalue weighted by atomic mass is 16.5. The normalized spacial score (nSPS) is 23.1. The van der Waals surface area contributed by atoms with Crippen molar-refractivity contribution in [1.29, 1.82) is 0 Å². The van der Waals surface area contributed by atoms with Crippen LogP contribution in [0.25, 0.3) is 0 Å². The van der Waals surface area contributed by atoms with E-state index in [4.69, 9.17) is 13.9 Å². The summed E-state index contributed by atoms with van der Waals surface area (Å²) in [7, 11) is 2.90. The first kappa shape index (κ1) is 15.2. The minimum Gasteiger partial charge on any atom is -0.506 e. The van der Waals surface area contributed by atoms with Gasteiger partial charge < -0.3 is 24.8 Å². The number of ether oxygens (including phenoxy) is 2. The Bertz CT molecular complexity index is 756. The van der Waals surface area contributed by atoms with E-state index < -0.39 is 6.10 Å². The molecule has 1 aliphatic carbocycles.